The molecule has 3 rings (SSSR count). The van der Waals surface area contributed by atoms with Crippen LogP contribution in [0.25, 0.3) is 0 Å². The molecule has 8 nitrogen and oxygen atoms in total. The third kappa shape index (κ3) is 11.9. The van der Waals surface area contributed by atoms with Gasteiger partial charge in [0.05, 0.1) is 35.5 Å². The van der Waals surface area contributed by atoms with E-state index in [0.717, 1.165) is 17.6 Å². The molecular weight excluding hydrogens is 418 g/mol. The van der Waals surface area contributed by atoms with Crippen molar-refractivity contribution in [3.8, 4) is 0 Å². The summed E-state index contributed by atoms with van der Waals surface area (Å²) in [6, 6.07) is 16.2. The van der Waals surface area contributed by atoms with Crippen LogP contribution >= 0.6 is 0 Å². The Hall–Kier alpha value is -2.72. The fraction of sp³-hybridized carbons (Fsp3) is 0.318. The van der Waals surface area contributed by atoms with Crippen LogP contribution in [0.3, 0.4) is 0 Å². The lowest BCUT2D eigenvalue weighted by Gasteiger charge is -2.09. The lowest BCUT2D eigenvalue weighted by atomic mass is 10.2. The van der Waals surface area contributed by atoms with Crippen LogP contribution in [0.4, 0.5) is 0 Å². The summed E-state index contributed by atoms with van der Waals surface area (Å²) in [5.41, 5.74) is 2.04. The number of aromatic nitrogens is 3. The van der Waals surface area contributed by atoms with Gasteiger partial charge in [0, 0.05) is 18.6 Å². The Morgan fingerprint density at radius 1 is 0.710 bits per heavy atom. The topological polar surface area (TPSA) is 123 Å². The molecule has 0 spiro atoms. The van der Waals surface area contributed by atoms with Gasteiger partial charge in [-0.2, -0.15) is 8.42 Å². The minimum absolute atomic E-state index is 0.453. The standard InChI is InChI=1S/C8H11NO3S.2C7H9NO/c1-7(12-13(2,10)11)8-5-3-4-6-9-8;2*1-6(9)7-4-2-3-5-8-7/h3-7H,1-2H3;2*2-6,9H,1H3/t7-;6-;/m01./s1. The van der Waals surface area contributed by atoms with Crippen molar-refractivity contribution in [2.24, 2.45) is 0 Å². The third-order valence-corrected chi connectivity index (χ3v) is 4.29. The third-order valence-electron chi connectivity index (χ3n) is 3.66. The second-order valence-corrected chi connectivity index (χ2v) is 8.16. The van der Waals surface area contributed by atoms with Crippen LogP contribution in [0.2, 0.25) is 0 Å². The first-order chi connectivity index (χ1) is 14.6. The molecule has 3 heterocycles. The minimum atomic E-state index is -3.41. The van der Waals surface area contributed by atoms with Crippen molar-refractivity contribution in [3.63, 3.8) is 0 Å². The molecule has 1 unspecified atom stereocenters. The summed E-state index contributed by atoms with van der Waals surface area (Å²) in [6.07, 6.45) is 4.52. The van der Waals surface area contributed by atoms with Crippen molar-refractivity contribution < 1.29 is 22.8 Å². The maximum atomic E-state index is 10.8. The highest BCUT2D eigenvalue weighted by Crippen LogP contribution is 2.15. The molecule has 0 saturated carbocycles. The highest BCUT2D eigenvalue weighted by molar-refractivity contribution is 7.86. The number of aliphatic hydroxyl groups excluding tert-OH is 2. The quantitative estimate of drug-likeness (QED) is 0.571. The molecule has 0 aliphatic heterocycles. The van der Waals surface area contributed by atoms with Crippen LogP contribution in [0.1, 0.15) is 56.2 Å². The monoisotopic (exact) mass is 447 g/mol. The fourth-order valence-corrected chi connectivity index (χ4v) is 2.80. The van der Waals surface area contributed by atoms with E-state index in [1.165, 1.54) is 0 Å². The van der Waals surface area contributed by atoms with E-state index in [4.69, 9.17) is 14.4 Å². The van der Waals surface area contributed by atoms with Crippen molar-refractivity contribution in [1.82, 2.24) is 15.0 Å². The van der Waals surface area contributed by atoms with Gasteiger partial charge in [0.15, 0.2) is 0 Å². The maximum Gasteiger partial charge on any atom is 0.265 e. The number of hydrogen-bond donors (Lipinski definition) is 2. The molecule has 31 heavy (non-hydrogen) atoms. The second kappa shape index (κ2) is 13.6. The molecule has 0 bridgehead atoms. The molecule has 0 radical (unpaired) electrons. The first-order valence-corrected chi connectivity index (χ1v) is 11.4. The fourth-order valence-electron chi connectivity index (χ4n) is 2.17. The van der Waals surface area contributed by atoms with Crippen LogP contribution in [0, 0.1) is 0 Å². The Labute approximate surface area is 183 Å². The molecule has 3 aromatic rings. The number of rotatable bonds is 5. The summed E-state index contributed by atoms with van der Waals surface area (Å²) in [6.45, 7) is 5.04. The zero-order valence-corrected chi connectivity index (χ0v) is 18.8. The van der Waals surface area contributed by atoms with Gasteiger partial charge in [-0.05, 0) is 57.2 Å². The predicted molar refractivity (Wildman–Crippen MR) is 118 cm³/mol. The van der Waals surface area contributed by atoms with E-state index >= 15 is 0 Å². The van der Waals surface area contributed by atoms with Crippen molar-refractivity contribution in [2.45, 2.75) is 39.1 Å². The Balaban J connectivity index is 0.000000239. The molecular formula is C22H29N3O5S. The smallest absolute Gasteiger partial charge is 0.265 e. The summed E-state index contributed by atoms with van der Waals surface area (Å²) in [7, 11) is -3.41. The molecule has 0 saturated heterocycles. The molecule has 9 heteroatoms. The van der Waals surface area contributed by atoms with Crippen LogP contribution in [-0.4, -0.2) is 39.8 Å². The van der Waals surface area contributed by atoms with Gasteiger partial charge in [-0.1, -0.05) is 18.2 Å². The second-order valence-electron chi connectivity index (χ2n) is 6.56. The highest BCUT2D eigenvalue weighted by Gasteiger charge is 2.12. The van der Waals surface area contributed by atoms with Gasteiger partial charge in [0.25, 0.3) is 10.1 Å². The van der Waals surface area contributed by atoms with Crippen molar-refractivity contribution in [2.75, 3.05) is 6.26 Å². The van der Waals surface area contributed by atoms with Crippen molar-refractivity contribution >= 4 is 10.1 Å². The number of nitrogens with zero attached hydrogens (tertiary/aromatic N) is 3. The van der Waals surface area contributed by atoms with Crippen molar-refractivity contribution in [3.05, 3.63) is 90.3 Å². The SMILES string of the molecule is CC(O)c1ccccn1.C[C@@H](O)c1ccccn1.C[C@H](OS(C)(=O)=O)c1ccccn1. The summed E-state index contributed by atoms with van der Waals surface area (Å²) in [5, 5.41) is 17.9. The van der Waals surface area contributed by atoms with Crippen molar-refractivity contribution in [1.29, 1.82) is 0 Å². The molecule has 168 valence electrons. The molecule has 3 atom stereocenters. The average Bonchev–Trinajstić information content (AvgIpc) is 2.75. The van der Waals surface area contributed by atoms with E-state index in [1.807, 2.05) is 24.3 Å². The lowest BCUT2D eigenvalue weighted by Crippen LogP contribution is -2.08. The summed E-state index contributed by atoms with van der Waals surface area (Å²) < 4.78 is 26.3. The largest absolute Gasteiger partial charge is 0.387 e. The van der Waals surface area contributed by atoms with E-state index < -0.39 is 28.4 Å². The first-order valence-electron chi connectivity index (χ1n) is 9.57. The first kappa shape index (κ1) is 26.3. The maximum absolute atomic E-state index is 10.8. The van der Waals surface area contributed by atoms with E-state index in [2.05, 4.69) is 15.0 Å². The van der Waals surface area contributed by atoms with E-state index in [9.17, 15) is 8.42 Å². The van der Waals surface area contributed by atoms with Crippen LogP contribution in [0.15, 0.2) is 73.2 Å². The average molecular weight is 448 g/mol. The van der Waals surface area contributed by atoms with Gasteiger partial charge in [-0.25, -0.2) is 0 Å². The number of aliphatic hydroxyl groups is 2. The Bertz CT molecular complexity index is 911. The van der Waals surface area contributed by atoms with Crippen LogP contribution in [-0.2, 0) is 14.3 Å². The number of hydrogen-bond acceptors (Lipinski definition) is 8. The molecule has 2 N–H and O–H groups in total. The van der Waals surface area contributed by atoms with Gasteiger partial charge >= 0.3 is 0 Å². The zero-order valence-electron chi connectivity index (χ0n) is 18.0. The Morgan fingerprint density at radius 2 is 1.06 bits per heavy atom. The summed E-state index contributed by atoms with van der Waals surface area (Å²) >= 11 is 0. The molecule has 0 amide bonds. The summed E-state index contributed by atoms with van der Waals surface area (Å²) in [4.78, 5) is 11.8. The van der Waals surface area contributed by atoms with Gasteiger partial charge in [0.1, 0.15) is 6.10 Å². The van der Waals surface area contributed by atoms with Crippen LogP contribution < -0.4 is 0 Å². The Morgan fingerprint density at radius 3 is 1.29 bits per heavy atom. The molecule has 0 fully saturated rings. The van der Waals surface area contributed by atoms with Gasteiger partial charge in [-0.15, -0.1) is 0 Å². The minimum Gasteiger partial charge on any atom is -0.387 e. The molecule has 3 aromatic heterocycles. The van der Waals surface area contributed by atoms with E-state index in [0.29, 0.717) is 5.69 Å². The van der Waals surface area contributed by atoms with Crippen LogP contribution in [0.5, 0.6) is 0 Å². The molecule has 0 aromatic carbocycles. The zero-order chi connectivity index (χ0) is 23.3. The lowest BCUT2D eigenvalue weighted by molar-refractivity contribution is 0.194. The predicted octanol–water partition coefficient (Wildman–Crippen LogP) is 3.39. The van der Waals surface area contributed by atoms with E-state index in [-0.39, 0.29) is 0 Å². The normalized spacial score (nSPS) is 13.5. The molecule has 0 aliphatic rings. The number of pyridine rings is 3. The molecule has 0 aliphatic carbocycles. The van der Waals surface area contributed by atoms with E-state index in [1.54, 1.807) is 69.7 Å². The Kier molecular flexibility index (Phi) is 11.5. The van der Waals surface area contributed by atoms with Gasteiger partial charge < -0.3 is 10.2 Å². The van der Waals surface area contributed by atoms with Gasteiger partial charge in [0.2, 0.25) is 0 Å². The summed E-state index contributed by atoms with van der Waals surface area (Å²) in [5.74, 6) is 0. The van der Waals surface area contributed by atoms with Gasteiger partial charge in [-0.3, -0.25) is 19.1 Å². The highest BCUT2D eigenvalue weighted by atomic mass is 32.2.